The summed E-state index contributed by atoms with van der Waals surface area (Å²) in [5.41, 5.74) is 0.740. The summed E-state index contributed by atoms with van der Waals surface area (Å²) in [7, 11) is 0. The highest BCUT2D eigenvalue weighted by Crippen LogP contribution is 2.09. The zero-order valence-electron chi connectivity index (χ0n) is 12.5. The van der Waals surface area contributed by atoms with Crippen molar-refractivity contribution >= 4 is 11.8 Å². The standard InChI is InChI=1S/C18H21NO3/c20-18(19-16-10-4-1-5-11-16)22-15-9-3-8-14-21-17-12-6-2-7-13-17/h1-2,4-7,10-13H,3,8-9,14-15H2,(H,19,20). The minimum atomic E-state index is -0.410. The number of carbonyl (C=O) groups is 1. The molecule has 4 nitrogen and oxygen atoms in total. The van der Waals surface area contributed by atoms with Gasteiger partial charge in [0.05, 0.1) is 13.2 Å². The third kappa shape index (κ3) is 6.31. The van der Waals surface area contributed by atoms with E-state index in [9.17, 15) is 4.79 Å². The summed E-state index contributed by atoms with van der Waals surface area (Å²) in [5.74, 6) is 0.890. The Bertz CT molecular complexity index is 543. The van der Waals surface area contributed by atoms with Crippen LogP contribution in [0.4, 0.5) is 10.5 Å². The van der Waals surface area contributed by atoms with Crippen LogP contribution in [0.3, 0.4) is 0 Å². The third-order valence-electron chi connectivity index (χ3n) is 3.05. The van der Waals surface area contributed by atoms with Crippen molar-refractivity contribution in [3.8, 4) is 5.75 Å². The number of carbonyl (C=O) groups excluding carboxylic acids is 1. The molecule has 0 fully saturated rings. The highest BCUT2D eigenvalue weighted by Gasteiger charge is 2.02. The van der Waals surface area contributed by atoms with E-state index in [2.05, 4.69) is 5.32 Å². The van der Waals surface area contributed by atoms with Crippen molar-refractivity contribution in [1.82, 2.24) is 0 Å². The summed E-state index contributed by atoms with van der Waals surface area (Å²) < 4.78 is 10.7. The SMILES string of the molecule is O=C(Nc1ccccc1)OCCCCCOc1ccccc1. The number of amides is 1. The molecule has 0 unspecified atom stereocenters. The summed E-state index contributed by atoms with van der Waals surface area (Å²) in [4.78, 5) is 11.5. The fourth-order valence-electron chi connectivity index (χ4n) is 1.93. The number of unbranched alkanes of at least 4 members (excludes halogenated alkanes) is 2. The predicted octanol–water partition coefficient (Wildman–Crippen LogP) is 4.48. The summed E-state index contributed by atoms with van der Waals surface area (Å²) in [6, 6.07) is 19.0. The van der Waals surface area contributed by atoms with Gasteiger partial charge in [-0.05, 0) is 43.5 Å². The Morgan fingerprint density at radius 1 is 0.818 bits per heavy atom. The third-order valence-corrected chi connectivity index (χ3v) is 3.05. The molecule has 4 heteroatoms. The first-order valence-electron chi connectivity index (χ1n) is 7.51. The topological polar surface area (TPSA) is 47.6 Å². The highest BCUT2D eigenvalue weighted by molar-refractivity contribution is 5.84. The summed E-state index contributed by atoms with van der Waals surface area (Å²) in [6.45, 7) is 1.10. The van der Waals surface area contributed by atoms with Crippen molar-refractivity contribution in [2.75, 3.05) is 18.5 Å². The Morgan fingerprint density at radius 2 is 1.45 bits per heavy atom. The lowest BCUT2D eigenvalue weighted by Crippen LogP contribution is -2.14. The van der Waals surface area contributed by atoms with Crippen molar-refractivity contribution in [1.29, 1.82) is 0 Å². The molecule has 1 amide bonds. The number of benzene rings is 2. The molecule has 1 N–H and O–H groups in total. The first kappa shape index (κ1) is 15.9. The van der Waals surface area contributed by atoms with E-state index in [4.69, 9.17) is 9.47 Å². The smallest absolute Gasteiger partial charge is 0.411 e. The van der Waals surface area contributed by atoms with E-state index in [-0.39, 0.29) is 0 Å². The zero-order valence-corrected chi connectivity index (χ0v) is 12.5. The Kier molecular flexibility index (Phi) is 6.82. The fraction of sp³-hybridized carbons (Fsp3) is 0.278. The Morgan fingerprint density at radius 3 is 2.18 bits per heavy atom. The van der Waals surface area contributed by atoms with E-state index in [1.807, 2.05) is 60.7 Å². The van der Waals surface area contributed by atoms with Gasteiger partial charge in [-0.15, -0.1) is 0 Å². The molecule has 0 bridgehead atoms. The fourth-order valence-corrected chi connectivity index (χ4v) is 1.93. The van der Waals surface area contributed by atoms with Crippen LogP contribution in [0.15, 0.2) is 60.7 Å². The molecule has 0 radical (unpaired) electrons. The van der Waals surface area contributed by atoms with Gasteiger partial charge in [-0.3, -0.25) is 5.32 Å². The molecular formula is C18H21NO3. The monoisotopic (exact) mass is 299 g/mol. The predicted molar refractivity (Wildman–Crippen MR) is 87.2 cm³/mol. The van der Waals surface area contributed by atoms with E-state index in [0.717, 1.165) is 30.7 Å². The minimum Gasteiger partial charge on any atom is -0.494 e. The number of anilines is 1. The van der Waals surface area contributed by atoms with E-state index < -0.39 is 6.09 Å². The quantitative estimate of drug-likeness (QED) is 0.731. The van der Waals surface area contributed by atoms with Gasteiger partial charge >= 0.3 is 6.09 Å². The van der Waals surface area contributed by atoms with Crippen LogP contribution in [0.2, 0.25) is 0 Å². The van der Waals surface area contributed by atoms with Crippen molar-refractivity contribution < 1.29 is 14.3 Å². The average molecular weight is 299 g/mol. The van der Waals surface area contributed by atoms with Crippen molar-refractivity contribution in [2.24, 2.45) is 0 Å². The maximum Gasteiger partial charge on any atom is 0.411 e. The molecule has 2 rings (SSSR count). The molecule has 116 valence electrons. The molecule has 22 heavy (non-hydrogen) atoms. The van der Waals surface area contributed by atoms with Gasteiger partial charge in [-0.1, -0.05) is 36.4 Å². The molecule has 0 heterocycles. The molecule has 0 atom stereocenters. The number of ether oxygens (including phenoxy) is 2. The summed E-state index contributed by atoms with van der Waals surface area (Å²) in [6.07, 6.45) is 2.33. The van der Waals surface area contributed by atoms with E-state index in [1.165, 1.54) is 0 Å². The number of nitrogens with one attached hydrogen (secondary N) is 1. The Balaban J connectivity index is 1.48. The maximum absolute atomic E-state index is 11.5. The second-order valence-electron chi connectivity index (χ2n) is 4.85. The van der Waals surface area contributed by atoms with Gasteiger partial charge < -0.3 is 9.47 Å². The normalized spacial score (nSPS) is 10.0. The number of hydrogen-bond donors (Lipinski definition) is 1. The van der Waals surface area contributed by atoms with Crippen LogP contribution in [0.5, 0.6) is 5.75 Å². The second-order valence-corrected chi connectivity index (χ2v) is 4.85. The largest absolute Gasteiger partial charge is 0.494 e. The first-order chi connectivity index (χ1) is 10.8. The maximum atomic E-state index is 11.5. The molecule has 0 aliphatic carbocycles. The van der Waals surface area contributed by atoms with Gasteiger partial charge in [0.1, 0.15) is 5.75 Å². The molecular weight excluding hydrogens is 278 g/mol. The van der Waals surface area contributed by atoms with Crippen LogP contribution < -0.4 is 10.1 Å². The number of para-hydroxylation sites is 2. The highest BCUT2D eigenvalue weighted by atomic mass is 16.5. The lowest BCUT2D eigenvalue weighted by Gasteiger charge is -2.07. The van der Waals surface area contributed by atoms with Crippen molar-refractivity contribution in [2.45, 2.75) is 19.3 Å². The molecule has 0 saturated carbocycles. The zero-order chi connectivity index (χ0) is 15.5. The lowest BCUT2D eigenvalue weighted by molar-refractivity contribution is 0.158. The second kappa shape index (κ2) is 9.45. The van der Waals surface area contributed by atoms with Crippen LogP contribution in [-0.4, -0.2) is 19.3 Å². The molecule has 0 aromatic heterocycles. The molecule has 2 aromatic rings. The van der Waals surface area contributed by atoms with E-state index in [1.54, 1.807) is 0 Å². The van der Waals surface area contributed by atoms with Gasteiger partial charge in [0, 0.05) is 5.69 Å². The lowest BCUT2D eigenvalue weighted by atomic mass is 10.2. The van der Waals surface area contributed by atoms with Crippen LogP contribution in [-0.2, 0) is 4.74 Å². The van der Waals surface area contributed by atoms with Gasteiger partial charge in [0.2, 0.25) is 0 Å². The number of hydrogen-bond acceptors (Lipinski definition) is 3. The van der Waals surface area contributed by atoms with E-state index in [0.29, 0.717) is 13.2 Å². The Labute approximate surface area is 131 Å². The average Bonchev–Trinajstić information content (AvgIpc) is 2.56. The van der Waals surface area contributed by atoms with Crippen LogP contribution in [0.25, 0.3) is 0 Å². The Hall–Kier alpha value is -2.49. The van der Waals surface area contributed by atoms with Gasteiger partial charge in [0.15, 0.2) is 0 Å². The molecule has 0 saturated heterocycles. The summed E-state index contributed by atoms with van der Waals surface area (Å²) in [5, 5.41) is 2.68. The molecule has 0 aliphatic rings. The van der Waals surface area contributed by atoms with Gasteiger partial charge in [-0.2, -0.15) is 0 Å². The van der Waals surface area contributed by atoms with Crippen LogP contribution in [0.1, 0.15) is 19.3 Å². The van der Waals surface area contributed by atoms with Crippen molar-refractivity contribution in [3.05, 3.63) is 60.7 Å². The first-order valence-corrected chi connectivity index (χ1v) is 7.51. The molecule has 0 aliphatic heterocycles. The number of rotatable bonds is 8. The van der Waals surface area contributed by atoms with E-state index >= 15 is 0 Å². The summed E-state index contributed by atoms with van der Waals surface area (Å²) >= 11 is 0. The van der Waals surface area contributed by atoms with Crippen molar-refractivity contribution in [3.63, 3.8) is 0 Å². The van der Waals surface area contributed by atoms with Gasteiger partial charge in [0.25, 0.3) is 0 Å². The van der Waals surface area contributed by atoms with Crippen LogP contribution in [0, 0.1) is 0 Å². The molecule has 0 spiro atoms. The van der Waals surface area contributed by atoms with Crippen LogP contribution >= 0.6 is 0 Å². The minimum absolute atomic E-state index is 0.410. The van der Waals surface area contributed by atoms with Gasteiger partial charge in [-0.25, -0.2) is 4.79 Å². The molecule has 2 aromatic carbocycles.